The Labute approximate surface area is 88.1 Å². The summed E-state index contributed by atoms with van der Waals surface area (Å²) >= 11 is 12.6. The lowest BCUT2D eigenvalue weighted by Crippen LogP contribution is -2.32. The summed E-state index contributed by atoms with van der Waals surface area (Å²) in [6, 6.07) is 0. The Hall–Kier alpha value is 1.88. The van der Waals surface area contributed by atoms with Crippen molar-refractivity contribution in [3.8, 4) is 0 Å². The van der Waals surface area contributed by atoms with E-state index >= 15 is 0 Å². The summed E-state index contributed by atoms with van der Waals surface area (Å²) in [4.78, 5) is 0. The molecule has 0 atom stereocenters. The summed E-state index contributed by atoms with van der Waals surface area (Å²) in [5.41, 5.74) is 0. The largest absolute Gasteiger partial charge is 0.368 e. The predicted octanol–water partition coefficient (Wildman–Crippen LogP) is 3.32. The molecule has 0 aliphatic rings. The predicted molar refractivity (Wildman–Crippen MR) is 53.7 cm³/mol. The van der Waals surface area contributed by atoms with Crippen LogP contribution in [0.4, 0.5) is 0 Å². The van der Waals surface area contributed by atoms with Crippen LogP contribution in [0.5, 0.6) is 0 Å². The first kappa shape index (κ1) is 10.9. The molecule has 1 nitrogen and oxygen atoms in total. The molecular formula is C4H6Br4O. The smallest absolute Gasteiger partial charge is 0.200 e. The van der Waals surface area contributed by atoms with Crippen molar-refractivity contribution < 1.29 is 5.11 Å². The van der Waals surface area contributed by atoms with Crippen LogP contribution in [-0.2, 0) is 0 Å². The van der Waals surface area contributed by atoms with E-state index < -0.39 is 6.65 Å². The minimum Gasteiger partial charge on any atom is -0.368 e. The van der Waals surface area contributed by atoms with E-state index in [2.05, 4.69) is 63.7 Å². The second-order valence-electron chi connectivity index (χ2n) is 1.60. The van der Waals surface area contributed by atoms with E-state index in [0.717, 1.165) is 6.42 Å². The minimum atomic E-state index is -1.10. The number of alkyl halides is 4. The lowest BCUT2D eigenvalue weighted by Gasteiger charge is -2.28. The molecule has 0 aromatic rings. The summed E-state index contributed by atoms with van der Waals surface area (Å²) < 4.78 is -1.60. The van der Waals surface area contributed by atoms with Gasteiger partial charge < -0.3 is 5.11 Å². The SMILES string of the molecule is CCC(Br)(Br)C(O)(Br)Br. The molecule has 1 N–H and O–H groups in total. The van der Waals surface area contributed by atoms with Crippen LogP contribution in [0.3, 0.4) is 0 Å². The Morgan fingerprint density at radius 3 is 1.56 bits per heavy atom. The molecule has 0 aliphatic carbocycles. The van der Waals surface area contributed by atoms with Gasteiger partial charge in [-0.15, -0.1) is 0 Å². The first-order chi connectivity index (χ1) is 3.81. The third-order valence-electron chi connectivity index (χ3n) is 0.884. The Balaban J connectivity index is 4.14. The molecule has 0 rings (SSSR count). The van der Waals surface area contributed by atoms with Gasteiger partial charge in [0.15, 0.2) is 3.42 Å². The van der Waals surface area contributed by atoms with Crippen molar-refractivity contribution in [3.05, 3.63) is 0 Å². The fraction of sp³-hybridized carbons (Fsp3) is 1.00. The molecular weight excluding hydrogens is 384 g/mol. The Morgan fingerprint density at radius 2 is 1.56 bits per heavy atom. The zero-order valence-corrected chi connectivity index (χ0v) is 11.0. The minimum absolute atomic E-state index is 0.507. The van der Waals surface area contributed by atoms with Crippen molar-refractivity contribution in [2.45, 2.75) is 20.0 Å². The highest BCUT2D eigenvalue weighted by atomic mass is 79.9. The standard InChI is InChI=1S/C4H6Br4O/c1-2-3(5,6)4(7,8)9/h9H,2H2,1H3. The highest BCUT2D eigenvalue weighted by molar-refractivity contribution is 9.30. The molecule has 56 valence electrons. The van der Waals surface area contributed by atoms with Crippen LogP contribution in [0.25, 0.3) is 0 Å². The fourth-order valence-corrected chi connectivity index (χ4v) is 0.773. The highest BCUT2D eigenvalue weighted by Gasteiger charge is 2.41. The summed E-state index contributed by atoms with van der Waals surface area (Å²) in [5.74, 6) is 0. The molecule has 0 spiro atoms. The maximum atomic E-state index is 9.28. The molecule has 0 aliphatic heterocycles. The number of aliphatic hydroxyl groups is 1. The van der Waals surface area contributed by atoms with Gasteiger partial charge in [0.05, 0.1) is 0 Å². The van der Waals surface area contributed by atoms with Crippen LogP contribution < -0.4 is 0 Å². The van der Waals surface area contributed by atoms with Gasteiger partial charge in [-0.05, 0) is 38.3 Å². The maximum Gasteiger partial charge on any atom is 0.200 e. The fourth-order valence-electron chi connectivity index (χ4n) is 0.213. The Morgan fingerprint density at radius 1 is 1.22 bits per heavy atom. The molecule has 0 amide bonds. The van der Waals surface area contributed by atoms with Crippen LogP contribution in [0, 0.1) is 0 Å². The van der Waals surface area contributed by atoms with E-state index in [-0.39, 0.29) is 0 Å². The van der Waals surface area contributed by atoms with E-state index in [0.29, 0.717) is 0 Å². The lowest BCUT2D eigenvalue weighted by atomic mass is 10.4. The van der Waals surface area contributed by atoms with Crippen molar-refractivity contribution in [3.63, 3.8) is 0 Å². The van der Waals surface area contributed by atoms with Crippen LogP contribution in [0.15, 0.2) is 0 Å². The first-order valence-corrected chi connectivity index (χ1v) is 5.46. The number of rotatable bonds is 2. The van der Waals surface area contributed by atoms with Crippen molar-refractivity contribution in [2.24, 2.45) is 0 Å². The van der Waals surface area contributed by atoms with Gasteiger partial charge >= 0.3 is 0 Å². The average Bonchev–Trinajstić information content (AvgIpc) is 1.64. The summed E-state index contributed by atoms with van der Waals surface area (Å²) in [6.45, 7) is 1.94. The molecule has 0 aromatic heterocycles. The van der Waals surface area contributed by atoms with E-state index in [1.165, 1.54) is 0 Å². The molecule has 9 heavy (non-hydrogen) atoms. The molecule has 0 saturated carbocycles. The van der Waals surface area contributed by atoms with E-state index in [1.807, 2.05) is 6.92 Å². The monoisotopic (exact) mass is 386 g/mol. The van der Waals surface area contributed by atoms with Crippen LogP contribution in [0.1, 0.15) is 13.3 Å². The maximum absolute atomic E-state index is 9.28. The van der Waals surface area contributed by atoms with Gasteiger partial charge in [0, 0.05) is 0 Å². The number of hydrogen-bond donors (Lipinski definition) is 1. The van der Waals surface area contributed by atoms with Gasteiger partial charge in [-0.25, -0.2) is 0 Å². The molecule has 0 heterocycles. The van der Waals surface area contributed by atoms with Gasteiger partial charge in [0.1, 0.15) is 3.23 Å². The van der Waals surface area contributed by atoms with Crippen LogP contribution in [-0.4, -0.2) is 11.8 Å². The van der Waals surface area contributed by atoms with Crippen LogP contribution >= 0.6 is 63.7 Å². The summed E-state index contributed by atoms with van der Waals surface area (Å²) in [5, 5.41) is 9.28. The van der Waals surface area contributed by atoms with Gasteiger partial charge in [0.2, 0.25) is 0 Å². The van der Waals surface area contributed by atoms with Gasteiger partial charge in [-0.3, -0.25) is 0 Å². The lowest BCUT2D eigenvalue weighted by molar-refractivity contribution is 0.232. The van der Waals surface area contributed by atoms with Gasteiger partial charge in [-0.2, -0.15) is 0 Å². The zero-order valence-electron chi connectivity index (χ0n) is 4.67. The van der Waals surface area contributed by atoms with Gasteiger partial charge in [0.25, 0.3) is 0 Å². The Kier molecular flexibility index (Phi) is 4.25. The summed E-state index contributed by atoms with van der Waals surface area (Å²) in [6.07, 6.45) is 0.750. The third kappa shape index (κ3) is 3.18. The zero-order chi connectivity index (χ0) is 7.71. The number of halogens is 4. The highest BCUT2D eigenvalue weighted by Crippen LogP contribution is 2.48. The molecule has 5 heteroatoms. The van der Waals surface area contributed by atoms with E-state index in [4.69, 9.17) is 0 Å². The van der Waals surface area contributed by atoms with Crippen molar-refractivity contribution >= 4 is 63.7 Å². The quantitative estimate of drug-likeness (QED) is 0.718. The number of hydrogen-bond acceptors (Lipinski definition) is 1. The molecule has 0 radical (unpaired) electrons. The topological polar surface area (TPSA) is 20.2 Å². The van der Waals surface area contributed by atoms with E-state index in [9.17, 15) is 5.11 Å². The average molecular weight is 390 g/mol. The van der Waals surface area contributed by atoms with Crippen molar-refractivity contribution in [1.82, 2.24) is 0 Å². The molecule has 0 fully saturated rings. The second-order valence-corrected chi connectivity index (χ2v) is 8.73. The molecule has 0 bridgehead atoms. The first-order valence-electron chi connectivity index (χ1n) is 2.29. The second kappa shape index (κ2) is 3.52. The third-order valence-corrected chi connectivity index (χ3v) is 6.64. The molecule has 0 aromatic carbocycles. The molecule has 0 unspecified atom stereocenters. The molecule has 0 saturated heterocycles. The van der Waals surface area contributed by atoms with Gasteiger partial charge in [-0.1, -0.05) is 38.8 Å². The van der Waals surface area contributed by atoms with E-state index in [1.54, 1.807) is 0 Å². The van der Waals surface area contributed by atoms with Crippen molar-refractivity contribution in [2.75, 3.05) is 0 Å². The van der Waals surface area contributed by atoms with Crippen LogP contribution in [0.2, 0.25) is 0 Å². The Bertz CT molecular complexity index is 95.2. The van der Waals surface area contributed by atoms with Crippen molar-refractivity contribution in [1.29, 1.82) is 0 Å². The summed E-state index contributed by atoms with van der Waals surface area (Å²) in [7, 11) is 0. The normalized spacial score (nSPS) is 14.0.